The summed E-state index contributed by atoms with van der Waals surface area (Å²) in [5, 5.41) is 0.617. The third kappa shape index (κ3) is 3.75. The van der Waals surface area contributed by atoms with Gasteiger partial charge in [-0.3, -0.25) is 9.98 Å². The maximum Gasteiger partial charge on any atom is 0.178 e. The van der Waals surface area contributed by atoms with E-state index < -0.39 is 5.66 Å². The lowest BCUT2D eigenvalue weighted by molar-refractivity contribution is 0.0567. The van der Waals surface area contributed by atoms with Gasteiger partial charge in [0.2, 0.25) is 0 Å². The first-order valence-electron chi connectivity index (χ1n) is 9.27. The molecule has 0 spiro atoms. The van der Waals surface area contributed by atoms with Gasteiger partial charge in [0.05, 0.1) is 10.7 Å². The van der Waals surface area contributed by atoms with E-state index >= 15 is 0 Å². The zero-order valence-corrected chi connectivity index (χ0v) is 16.1. The molecular weight excluding hydrogens is 360 g/mol. The highest BCUT2D eigenvalue weighted by Gasteiger charge is 2.39. The first kappa shape index (κ1) is 18.1. The molecule has 2 N–H and O–H groups in total. The number of ether oxygens (including phenoxy) is 1. The van der Waals surface area contributed by atoms with Crippen LogP contribution in [0.1, 0.15) is 31.7 Å². The van der Waals surface area contributed by atoms with Crippen molar-refractivity contribution in [2.24, 2.45) is 21.6 Å². The van der Waals surface area contributed by atoms with Crippen LogP contribution < -0.4 is 5.73 Å². The molecule has 0 bridgehead atoms. The van der Waals surface area contributed by atoms with Crippen molar-refractivity contribution < 1.29 is 4.74 Å². The molecule has 2 aliphatic heterocycles. The van der Waals surface area contributed by atoms with E-state index in [1.807, 2.05) is 25.3 Å². The summed E-state index contributed by atoms with van der Waals surface area (Å²) in [5.74, 6) is 1.04. The number of nitrogens with zero attached hydrogens (tertiary/aromatic N) is 3. The van der Waals surface area contributed by atoms with Gasteiger partial charge in [0.15, 0.2) is 5.66 Å². The Balaban J connectivity index is 1.74. The van der Waals surface area contributed by atoms with Gasteiger partial charge in [0, 0.05) is 43.2 Å². The van der Waals surface area contributed by atoms with Crippen LogP contribution in [0.4, 0.5) is 0 Å². The third-order valence-corrected chi connectivity index (χ3v) is 5.51. The van der Waals surface area contributed by atoms with Crippen LogP contribution in [0, 0.1) is 5.92 Å². The van der Waals surface area contributed by atoms with Crippen LogP contribution in [0.3, 0.4) is 0 Å². The number of nitrogens with two attached hydrogens (primary N) is 1. The molecule has 1 aromatic heterocycles. The van der Waals surface area contributed by atoms with Gasteiger partial charge >= 0.3 is 0 Å². The van der Waals surface area contributed by atoms with E-state index in [1.54, 1.807) is 6.20 Å². The largest absolute Gasteiger partial charge is 0.382 e. The zero-order valence-electron chi connectivity index (χ0n) is 15.4. The number of rotatable bonds is 4. The lowest BCUT2D eigenvalue weighted by Crippen LogP contribution is -2.27. The number of halogens is 1. The van der Waals surface area contributed by atoms with Crippen molar-refractivity contribution in [3.05, 3.63) is 53.3 Å². The number of amidine groups is 1. The van der Waals surface area contributed by atoms with E-state index in [9.17, 15) is 0 Å². The van der Waals surface area contributed by atoms with E-state index in [0.29, 0.717) is 16.8 Å². The summed E-state index contributed by atoms with van der Waals surface area (Å²) in [6.45, 7) is 3.53. The Morgan fingerprint density at radius 2 is 1.96 bits per heavy atom. The molecule has 1 saturated heterocycles. The molecule has 0 radical (unpaired) electrons. The van der Waals surface area contributed by atoms with Crippen molar-refractivity contribution in [2.45, 2.75) is 31.8 Å². The van der Waals surface area contributed by atoms with Crippen molar-refractivity contribution in [2.75, 3.05) is 13.2 Å². The Labute approximate surface area is 164 Å². The second-order valence-electron chi connectivity index (χ2n) is 7.24. The number of hydrogen-bond donors (Lipinski definition) is 1. The van der Waals surface area contributed by atoms with Crippen LogP contribution in [-0.4, -0.2) is 29.7 Å². The highest BCUT2D eigenvalue weighted by molar-refractivity contribution is 6.41. The summed E-state index contributed by atoms with van der Waals surface area (Å²) in [7, 11) is 0. The number of pyridine rings is 1. The molecule has 140 valence electrons. The summed E-state index contributed by atoms with van der Waals surface area (Å²) in [5.41, 5.74) is 9.35. The summed E-state index contributed by atoms with van der Waals surface area (Å²) in [6.07, 6.45) is 6.35. The second kappa shape index (κ2) is 7.41. The third-order valence-electron chi connectivity index (χ3n) is 5.31. The topological polar surface area (TPSA) is 72.9 Å². The molecule has 2 aromatic rings. The quantitative estimate of drug-likeness (QED) is 0.861. The lowest BCUT2D eigenvalue weighted by Gasteiger charge is -2.31. The fourth-order valence-electron chi connectivity index (χ4n) is 3.85. The summed E-state index contributed by atoms with van der Waals surface area (Å²) >= 11 is 6.12. The number of aromatic nitrogens is 1. The van der Waals surface area contributed by atoms with Gasteiger partial charge in [0.1, 0.15) is 5.84 Å². The number of benzene rings is 1. The summed E-state index contributed by atoms with van der Waals surface area (Å²) < 4.78 is 5.52. The van der Waals surface area contributed by atoms with Crippen molar-refractivity contribution in [1.82, 2.24) is 4.98 Å². The van der Waals surface area contributed by atoms with E-state index in [-0.39, 0.29) is 0 Å². The molecular formula is C21H23ClN4O. The molecule has 1 atom stereocenters. The smallest absolute Gasteiger partial charge is 0.178 e. The first-order valence-corrected chi connectivity index (χ1v) is 9.65. The van der Waals surface area contributed by atoms with Gasteiger partial charge in [-0.2, -0.15) is 0 Å². The standard InChI is InChI=1S/C21H23ClN4O/c1-14-20(23)26-21(25-14,11-15-5-7-27-8-6-15)18-4-2-3-16(9-18)17-10-19(22)13-24-12-17/h2-4,9-10,12-13,15H,5-8,11H2,1H3,(H2,23,26). The predicted molar refractivity (Wildman–Crippen MR) is 109 cm³/mol. The van der Waals surface area contributed by atoms with Crippen LogP contribution in [-0.2, 0) is 10.4 Å². The molecule has 0 amide bonds. The summed E-state index contributed by atoms with van der Waals surface area (Å²) in [4.78, 5) is 14.0. The Kier molecular flexibility index (Phi) is 4.98. The maximum atomic E-state index is 6.13. The molecule has 0 aliphatic carbocycles. The fraction of sp³-hybridized carbons (Fsp3) is 0.381. The molecule has 5 nitrogen and oxygen atoms in total. The van der Waals surface area contributed by atoms with Crippen LogP contribution in [0.5, 0.6) is 0 Å². The molecule has 6 heteroatoms. The lowest BCUT2D eigenvalue weighted by atomic mass is 9.84. The number of aliphatic imine (C=N–C) groups is 2. The normalized spacial score (nSPS) is 23.2. The van der Waals surface area contributed by atoms with E-state index in [2.05, 4.69) is 23.2 Å². The van der Waals surface area contributed by atoms with Gasteiger partial charge in [-0.05, 0) is 43.4 Å². The van der Waals surface area contributed by atoms with Gasteiger partial charge in [-0.25, -0.2) is 4.99 Å². The van der Waals surface area contributed by atoms with Crippen molar-refractivity contribution in [1.29, 1.82) is 0 Å². The van der Waals surface area contributed by atoms with Crippen LogP contribution in [0.2, 0.25) is 5.02 Å². The molecule has 3 heterocycles. The van der Waals surface area contributed by atoms with Crippen LogP contribution in [0.15, 0.2) is 52.7 Å². The minimum Gasteiger partial charge on any atom is -0.382 e. The summed E-state index contributed by atoms with van der Waals surface area (Å²) in [6, 6.07) is 10.2. The highest BCUT2D eigenvalue weighted by atomic mass is 35.5. The van der Waals surface area contributed by atoms with Crippen molar-refractivity contribution >= 4 is 23.1 Å². The Hall–Kier alpha value is -2.24. The molecule has 1 aromatic carbocycles. The monoisotopic (exact) mass is 382 g/mol. The molecule has 4 rings (SSSR count). The Morgan fingerprint density at radius 1 is 1.15 bits per heavy atom. The van der Waals surface area contributed by atoms with E-state index in [1.165, 1.54) is 0 Å². The van der Waals surface area contributed by atoms with Gasteiger partial charge in [0.25, 0.3) is 0 Å². The Morgan fingerprint density at radius 3 is 2.67 bits per heavy atom. The number of hydrogen-bond acceptors (Lipinski definition) is 5. The minimum atomic E-state index is -0.655. The molecule has 2 aliphatic rings. The second-order valence-corrected chi connectivity index (χ2v) is 7.68. The van der Waals surface area contributed by atoms with Crippen LogP contribution in [0.25, 0.3) is 11.1 Å². The van der Waals surface area contributed by atoms with E-state index in [0.717, 1.165) is 54.9 Å². The fourth-order valence-corrected chi connectivity index (χ4v) is 4.02. The first-order chi connectivity index (χ1) is 13.1. The molecule has 1 fully saturated rings. The Bertz CT molecular complexity index is 885. The average molecular weight is 383 g/mol. The van der Waals surface area contributed by atoms with Gasteiger partial charge < -0.3 is 10.5 Å². The highest BCUT2D eigenvalue weighted by Crippen LogP contribution is 2.41. The minimum absolute atomic E-state index is 0.515. The van der Waals surface area contributed by atoms with E-state index in [4.69, 9.17) is 32.1 Å². The maximum absolute atomic E-state index is 6.13. The molecule has 27 heavy (non-hydrogen) atoms. The zero-order chi connectivity index (χ0) is 18.9. The molecule has 1 unspecified atom stereocenters. The van der Waals surface area contributed by atoms with Crippen molar-refractivity contribution in [3.8, 4) is 11.1 Å². The predicted octanol–water partition coefficient (Wildman–Crippen LogP) is 4.20. The van der Waals surface area contributed by atoms with Crippen molar-refractivity contribution in [3.63, 3.8) is 0 Å². The average Bonchev–Trinajstić information content (AvgIpc) is 2.97. The van der Waals surface area contributed by atoms with Crippen LogP contribution >= 0.6 is 11.6 Å². The SMILES string of the molecule is CC1=NC(CC2CCOCC2)(c2cccc(-c3cncc(Cl)c3)c2)N=C1N. The van der Waals surface area contributed by atoms with Gasteiger partial charge in [-0.15, -0.1) is 0 Å². The molecule has 0 saturated carbocycles. The van der Waals surface area contributed by atoms with Gasteiger partial charge in [-0.1, -0.05) is 29.8 Å².